The van der Waals surface area contributed by atoms with E-state index < -0.39 is 75.7 Å². The van der Waals surface area contributed by atoms with Gasteiger partial charge in [-0.05, 0) is 12.8 Å². The normalized spacial score (nSPS) is 21.3. The summed E-state index contributed by atoms with van der Waals surface area (Å²) in [5, 5.41) is 50.3. The van der Waals surface area contributed by atoms with Crippen LogP contribution in [0.1, 0.15) is 258 Å². The van der Waals surface area contributed by atoms with Crippen molar-refractivity contribution in [2.45, 2.75) is 301 Å². The SMILES string of the molecule is CCCCCCCCCCCCCCCCCCCCCCC(=O)OC[C@@H](COP(=O)(O)OC1C(O)C(O)C(O)[C@H](O)C1O)OC(=O)CCCCCCCCCCCCCCCCCC. The minimum Gasteiger partial charge on any atom is -0.462 e. The van der Waals surface area contributed by atoms with E-state index in [-0.39, 0.29) is 12.8 Å². The Bertz CT molecular complexity index is 1150. The van der Waals surface area contributed by atoms with Gasteiger partial charge in [-0.15, -0.1) is 0 Å². The summed E-state index contributed by atoms with van der Waals surface area (Å²) in [6, 6.07) is 0. The van der Waals surface area contributed by atoms with Gasteiger partial charge < -0.3 is 39.9 Å². The highest BCUT2D eigenvalue weighted by molar-refractivity contribution is 7.47. The number of ether oxygens (including phenoxy) is 2. The van der Waals surface area contributed by atoms with Crippen molar-refractivity contribution < 1.29 is 63.1 Å². The first-order valence-electron chi connectivity index (χ1n) is 26.8. The Morgan fingerprint density at radius 3 is 1.02 bits per heavy atom. The Hall–Kier alpha value is -1.15. The molecule has 6 unspecified atom stereocenters. The van der Waals surface area contributed by atoms with E-state index in [1.54, 1.807) is 0 Å². The lowest BCUT2D eigenvalue weighted by molar-refractivity contribution is -0.220. The molecule has 65 heavy (non-hydrogen) atoms. The molecule has 0 aromatic heterocycles. The summed E-state index contributed by atoms with van der Waals surface area (Å²) in [4.78, 5) is 35.9. The van der Waals surface area contributed by atoms with Gasteiger partial charge in [0.2, 0.25) is 0 Å². The van der Waals surface area contributed by atoms with Crippen molar-refractivity contribution in [1.82, 2.24) is 0 Å². The third-order valence-electron chi connectivity index (χ3n) is 12.9. The Morgan fingerprint density at radius 2 is 0.692 bits per heavy atom. The lowest BCUT2D eigenvalue weighted by atomic mass is 9.85. The smallest absolute Gasteiger partial charge is 0.462 e. The first-order valence-corrected chi connectivity index (χ1v) is 28.3. The number of carbonyl (C=O) groups excluding carboxylic acids is 2. The zero-order chi connectivity index (χ0) is 47.8. The molecule has 13 nitrogen and oxygen atoms in total. The summed E-state index contributed by atoms with van der Waals surface area (Å²) in [6.45, 7) is 3.36. The van der Waals surface area contributed by atoms with E-state index in [2.05, 4.69) is 13.8 Å². The second kappa shape index (κ2) is 41.8. The largest absolute Gasteiger partial charge is 0.472 e. The van der Waals surface area contributed by atoms with Crippen molar-refractivity contribution in [1.29, 1.82) is 0 Å². The van der Waals surface area contributed by atoms with E-state index in [0.29, 0.717) is 12.8 Å². The number of hydrogen-bond donors (Lipinski definition) is 6. The monoisotopic (exact) mass is 951 g/mol. The maximum absolute atomic E-state index is 12.9. The summed E-state index contributed by atoms with van der Waals surface area (Å²) >= 11 is 0. The minimum atomic E-state index is -5.11. The maximum atomic E-state index is 12.9. The molecule has 1 fully saturated rings. The number of carbonyl (C=O) groups is 2. The molecule has 0 saturated heterocycles. The van der Waals surface area contributed by atoms with Gasteiger partial charge in [-0.25, -0.2) is 4.57 Å². The van der Waals surface area contributed by atoms with E-state index >= 15 is 0 Å². The molecular formula is C51H99O13P. The number of hydrogen-bond acceptors (Lipinski definition) is 12. The summed E-state index contributed by atoms with van der Waals surface area (Å²) in [6.07, 6.45) is 31.5. The molecule has 1 aliphatic rings. The van der Waals surface area contributed by atoms with Gasteiger partial charge in [-0.2, -0.15) is 0 Å². The molecule has 1 rings (SSSR count). The summed E-state index contributed by atoms with van der Waals surface area (Å²) in [5.74, 6) is -1.08. The van der Waals surface area contributed by atoms with Crippen LogP contribution < -0.4 is 0 Å². The van der Waals surface area contributed by atoms with Crippen LogP contribution in [0.15, 0.2) is 0 Å². The molecule has 1 aliphatic carbocycles. The molecule has 386 valence electrons. The van der Waals surface area contributed by atoms with E-state index in [0.717, 1.165) is 38.5 Å². The third-order valence-corrected chi connectivity index (χ3v) is 13.9. The Balaban J connectivity index is 2.35. The molecule has 0 spiro atoms. The van der Waals surface area contributed by atoms with Crippen LogP contribution in [0.3, 0.4) is 0 Å². The van der Waals surface area contributed by atoms with Crippen LogP contribution in [-0.4, -0.2) is 98.3 Å². The second-order valence-electron chi connectivity index (χ2n) is 19.1. The van der Waals surface area contributed by atoms with Crippen molar-refractivity contribution >= 4 is 19.8 Å². The Kier molecular flexibility index (Phi) is 39.8. The molecular weight excluding hydrogens is 852 g/mol. The van der Waals surface area contributed by atoms with Crippen LogP contribution in [-0.2, 0) is 32.7 Å². The Labute approximate surface area is 395 Å². The van der Waals surface area contributed by atoms with Gasteiger partial charge >= 0.3 is 19.8 Å². The van der Waals surface area contributed by atoms with Crippen molar-refractivity contribution in [3.05, 3.63) is 0 Å². The quantitative estimate of drug-likeness (QED) is 0.0191. The highest BCUT2D eigenvalue weighted by atomic mass is 31.2. The number of phosphoric acid groups is 1. The average Bonchev–Trinajstić information content (AvgIpc) is 3.29. The van der Waals surface area contributed by atoms with Crippen molar-refractivity contribution in [2.24, 2.45) is 0 Å². The number of phosphoric ester groups is 1. The molecule has 0 heterocycles. The number of aliphatic hydroxyl groups is 5. The van der Waals surface area contributed by atoms with Crippen LogP contribution in [0.4, 0.5) is 0 Å². The van der Waals surface area contributed by atoms with Crippen molar-refractivity contribution in [3.8, 4) is 0 Å². The predicted molar refractivity (Wildman–Crippen MR) is 258 cm³/mol. The van der Waals surface area contributed by atoms with Crippen LogP contribution in [0.5, 0.6) is 0 Å². The molecule has 14 heteroatoms. The zero-order valence-electron chi connectivity index (χ0n) is 41.3. The first-order chi connectivity index (χ1) is 31.4. The third kappa shape index (κ3) is 33.9. The molecule has 6 N–H and O–H groups in total. The van der Waals surface area contributed by atoms with Crippen molar-refractivity contribution in [3.63, 3.8) is 0 Å². The van der Waals surface area contributed by atoms with Gasteiger partial charge in [-0.3, -0.25) is 18.6 Å². The van der Waals surface area contributed by atoms with E-state index in [4.69, 9.17) is 18.5 Å². The van der Waals surface area contributed by atoms with Gasteiger partial charge in [0.25, 0.3) is 0 Å². The zero-order valence-corrected chi connectivity index (χ0v) is 42.2. The van der Waals surface area contributed by atoms with Crippen LogP contribution >= 0.6 is 7.82 Å². The lowest BCUT2D eigenvalue weighted by Gasteiger charge is -2.41. The molecule has 8 atom stereocenters. The van der Waals surface area contributed by atoms with Gasteiger partial charge in [0.15, 0.2) is 6.10 Å². The standard InChI is InChI=1S/C51H99O13P/c1-3-5-7-9-11-13-15-17-19-21-22-23-24-26-27-29-31-33-35-37-39-44(52)61-41-43(42-62-65(59,60)64-51-49(57)47(55)46(54)48(56)50(51)58)63-45(53)40-38-36-34-32-30-28-25-20-18-16-14-12-10-8-6-4-2/h43,46-51,54-58H,3-42H2,1-2H3,(H,59,60)/t43-,46?,47-,48?,49?,50?,51?/m0/s1. The van der Waals surface area contributed by atoms with Crippen LogP contribution in [0.2, 0.25) is 0 Å². The number of esters is 2. The fourth-order valence-corrected chi connectivity index (χ4v) is 9.62. The van der Waals surface area contributed by atoms with Crippen molar-refractivity contribution in [2.75, 3.05) is 13.2 Å². The lowest BCUT2D eigenvalue weighted by Crippen LogP contribution is -2.64. The van der Waals surface area contributed by atoms with E-state index in [1.165, 1.54) is 180 Å². The number of aliphatic hydroxyl groups excluding tert-OH is 5. The van der Waals surface area contributed by atoms with Gasteiger partial charge in [0.1, 0.15) is 43.2 Å². The van der Waals surface area contributed by atoms with E-state index in [9.17, 15) is 44.6 Å². The molecule has 0 aliphatic heterocycles. The molecule has 0 amide bonds. The summed E-state index contributed by atoms with van der Waals surface area (Å²) in [5.41, 5.74) is 0. The highest BCUT2D eigenvalue weighted by Crippen LogP contribution is 2.47. The molecule has 0 bridgehead atoms. The predicted octanol–water partition coefficient (Wildman–Crippen LogP) is 11.6. The topological polar surface area (TPSA) is 210 Å². The average molecular weight is 951 g/mol. The molecule has 0 radical (unpaired) electrons. The van der Waals surface area contributed by atoms with Crippen LogP contribution in [0.25, 0.3) is 0 Å². The van der Waals surface area contributed by atoms with Crippen LogP contribution in [0, 0.1) is 0 Å². The van der Waals surface area contributed by atoms with E-state index in [1.807, 2.05) is 0 Å². The maximum Gasteiger partial charge on any atom is 0.472 e. The number of unbranched alkanes of at least 4 members (excludes halogenated alkanes) is 34. The molecule has 0 aromatic carbocycles. The molecule has 1 saturated carbocycles. The first kappa shape index (κ1) is 61.9. The minimum absolute atomic E-state index is 0.105. The summed E-state index contributed by atoms with van der Waals surface area (Å²) < 4.78 is 33.7. The van der Waals surface area contributed by atoms with Gasteiger partial charge in [0, 0.05) is 12.8 Å². The molecule has 0 aromatic rings. The Morgan fingerprint density at radius 1 is 0.415 bits per heavy atom. The highest BCUT2D eigenvalue weighted by Gasteiger charge is 2.51. The van der Waals surface area contributed by atoms with Gasteiger partial charge in [-0.1, -0.05) is 232 Å². The second-order valence-corrected chi connectivity index (χ2v) is 20.5. The fraction of sp³-hybridized carbons (Fsp3) is 0.961. The van der Waals surface area contributed by atoms with Gasteiger partial charge in [0.05, 0.1) is 6.61 Å². The number of rotatable bonds is 46. The fourth-order valence-electron chi connectivity index (χ4n) is 8.64. The summed E-state index contributed by atoms with van der Waals surface area (Å²) in [7, 11) is -5.11.